The zero-order chi connectivity index (χ0) is 11.8. The molecule has 0 fully saturated rings. The number of hydrogen-bond acceptors (Lipinski definition) is 0. The van der Waals surface area contributed by atoms with Crippen LogP contribution in [0.2, 0.25) is 0 Å². The molecule has 1 aromatic rings. The first kappa shape index (κ1) is 12.7. The van der Waals surface area contributed by atoms with Crippen LogP contribution in [0.15, 0.2) is 39.3 Å². The standard InChI is InChI=1S/C14H6Br2/c1-2-3-9-13(14(15)16)11-10-12-7-5-4-6-8-12/h1,4-8H. The average Bonchev–Trinajstić information content (AvgIpc) is 2.30. The number of allylic oxidation sites excluding steroid dienone is 1. The van der Waals surface area contributed by atoms with Gasteiger partial charge in [0.15, 0.2) is 0 Å². The molecule has 16 heavy (non-hydrogen) atoms. The van der Waals surface area contributed by atoms with Crippen LogP contribution in [0.4, 0.5) is 0 Å². The van der Waals surface area contributed by atoms with Gasteiger partial charge in [-0.15, -0.1) is 6.42 Å². The third kappa shape index (κ3) is 4.41. The van der Waals surface area contributed by atoms with E-state index in [2.05, 4.69) is 61.5 Å². The molecule has 0 amide bonds. The first-order chi connectivity index (χ1) is 7.74. The minimum Gasteiger partial charge on any atom is -0.106 e. The normalized spacial score (nSPS) is 7.56. The first-order valence-corrected chi connectivity index (χ1v) is 5.91. The van der Waals surface area contributed by atoms with Crippen LogP contribution in [0, 0.1) is 36.0 Å². The van der Waals surface area contributed by atoms with Gasteiger partial charge in [0, 0.05) is 5.56 Å². The Labute approximate surface area is 112 Å². The predicted octanol–water partition coefficient (Wildman–Crippen LogP) is 3.68. The molecule has 2 heteroatoms. The molecule has 0 atom stereocenters. The van der Waals surface area contributed by atoms with Gasteiger partial charge < -0.3 is 0 Å². The molecular weight excluding hydrogens is 328 g/mol. The average molecular weight is 334 g/mol. The lowest BCUT2D eigenvalue weighted by molar-refractivity contribution is 1.65. The maximum Gasteiger partial charge on any atom is 0.0970 e. The van der Waals surface area contributed by atoms with Crippen molar-refractivity contribution in [1.29, 1.82) is 0 Å². The second kappa shape index (κ2) is 6.97. The Morgan fingerprint density at radius 2 is 1.75 bits per heavy atom. The zero-order valence-corrected chi connectivity index (χ0v) is 11.4. The van der Waals surface area contributed by atoms with E-state index in [0.29, 0.717) is 8.96 Å². The van der Waals surface area contributed by atoms with Crippen LogP contribution in [-0.2, 0) is 0 Å². The van der Waals surface area contributed by atoms with Crippen LogP contribution >= 0.6 is 31.9 Å². The van der Waals surface area contributed by atoms with E-state index < -0.39 is 0 Å². The largest absolute Gasteiger partial charge is 0.106 e. The lowest BCUT2D eigenvalue weighted by atomic mass is 10.2. The van der Waals surface area contributed by atoms with Crippen molar-refractivity contribution in [2.45, 2.75) is 0 Å². The van der Waals surface area contributed by atoms with Crippen molar-refractivity contribution < 1.29 is 0 Å². The van der Waals surface area contributed by atoms with Crippen molar-refractivity contribution in [2.75, 3.05) is 0 Å². The summed E-state index contributed by atoms with van der Waals surface area (Å²) < 4.78 is 0.700. The highest BCUT2D eigenvalue weighted by atomic mass is 79.9. The number of halogens is 2. The summed E-state index contributed by atoms with van der Waals surface area (Å²) in [6.45, 7) is 0. The van der Waals surface area contributed by atoms with E-state index in [4.69, 9.17) is 6.42 Å². The van der Waals surface area contributed by atoms with Crippen LogP contribution in [-0.4, -0.2) is 0 Å². The Bertz CT molecular complexity index is 548. The molecular formula is C14H6Br2. The van der Waals surface area contributed by atoms with Crippen molar-refractivity contribution in [1.82, 2.24) is 0 Å². The summed E-state index contributed by atoms with van der Waals surface area (Å²) in [7, 11) is 0. The van der Waals surface area contributed by atoms with Crippen LogP contribution in [0.5, 0.6) is 0 Å². The van der Waals surface area contributed by atoms with Gasteiger partial charge in [-0.2, -0.15) is 0 Å². The van der Waals surface area contributed by atoms with Crippen molar-refractivity contribution in [3.05, 3.63) is 44.9 Å². The Hall–Kier alpha value is -1.40. The molecule has 0 aliphatic rings. The SMILES string of the molecule is C#CC#CC(C#Cc1ccccc1)=C(Br)Br. The van der Waals surface area contributed by atoms with Gasteiger partial charge in [-0.3, -0.25) is 0 Å². The Balaban J connectivity index is 3.01. The topological polar surface area (TPSA) is 0 Å². The number of hydrogen-bond donors (Lipinski definition) is 0. The summed E-state index contributed by atoms with van der Waals surface area (Å²) in [5, 5.41) is 0. The summed E-state index contributed by atoms with van der Waals surface area (Å²) in [5.41, 5.74) is 1.56. The molecule has 0 heterocycles. The summed E-state index contributed by atoms with van der Waals surface area (Å²) in [6.07, 6.45) is 5.06. The fraction of sp³-hybridized carbons (Fsp3) is 0. The summed E-state index contributed by atoms with van der Waals surface area (Å²) in [6, 6.07) is 9.68. The van der Waals surface area contributed by atoms with E-state index in [0.717, 1.165) is 5.56 Å². The molecule has 0 aliphatic carbocycles. The quantitative estimate of drug-likeness (QED) is 0.635. The maximum absolute atomic E-state index is 5.06. The van der Waals surface area contributed by atoms with Gasteiger partial charge in [-0.05, 0) is 61.8 Å². The van der Waals surface area contributed by atoms with Crippen molar-refractivity contribution >= 4 is 31.9 Å². The minimum atomic E-state index is 0.627. The highest BCUT2D eigenvalue weighted by Gasteiger charge is 1.92. The molecule has 0 N–H and O–H groups in total. The van der Waals surface area contributed by atoms with Gasteiger partial charge >= 0.3 is 0 Å². The molecule has 0 saturated heterocycles. The number of benzene rings is 1. The van der Waals surface area contributed by atoms with Crippen LogP contribution in [0.1, 0.15) is 5.56 Å². The van der Waals surface area contributed by atoms with Crippen molar-refractivity contribution in [3.63, 3.8) is 0 Å². The fourth-order valence-electron chi connectivity index (χ4n) is 0.880. The monoisotopic (exact) mass is 332 g/mol. The molecule has 0 bridgehead atoms. The third-order valence-corrected chi connectivity index (χ3v) is 2.35. The van der Waals surface area contributed by atoms with Crippen LogP contribution in [0.25, 0.3) is 0 Å². The smallest absolute Gasteiger partial charge is 0.0970 e. The van der Waals surface area contributed by atoms with Gasteiger partial charge in [-0.25, -0.2) is 0 Å². The van der Waals surface area contributed by atoms with Crippen LogP contribution in [0.3, 0.4) is 0 Å². The second-order valence-electron chi connectivity index (χ2n) is 2.65. The van der Waals surface area contributed by atoms with Gasteiger partial charge in [0.2, 0.25) is 0 Å². The Morgan fingerprint density at radius 1 is 1.06 bits per heavy atom. The fourth-order valence-corrected chi connectivity index (χ4v) is 1.28. The molecule has 0 aliphatic heterocycles. The molecule has 0 radical (unpaired) electrons. The molecule has 0 aromatic heterocycles. The van der Waals surface area contributed by atoms with Crippen molar-refractivity contribution in [3.8, 4) is 36.0 Å². The predicted molar refractivity (Wildman–Crippen MR) is 74.8 cm³/mol. The van der Waals surface area contributed by atoms with E-state index in [-0.39, 0.29) is 0 Å². The zero-order valence-electron chi connectivity index (χ0n) is 8.22. The van der Waals surface area contributed by atoms with Gasteiger partial charge in [0.05, 0.1) is 8.96 Å². The molecule has 76 valence electrons. The molecule has 0 saturated carbocycles. The van der Waals surface area contributed by atoms with Gasteiger partial charge in [0.1, 0.15) is 0 Å². The number of rotatable bonds is 0. The first-order valence-electron chi connectivity index (χ1n) is 4.33. The molecule has 0 unspecified atom stereocenters. The van der Waals surface area contributed by atoms with Gasteiger partial charge in [0.25, 0.3) is 0 Å². The molecule has 1 rings (SSSR count). The highest BCUT2D eigenvalue weighted by Crippen LogP contribution is 2.18. The van der Waals surface area contributed by atoms with E-state index >= 15 is 0 Å². The van der Waals surface area contributed by atoms with E-state index in [9.17, 15) is 0 Å². The summed E-state index contributed by atoms with van der Waals surface area (Å²) >= 11 is 6.53. The third-order valence-electron chi connectivity index (χ3n) is 1.55. The summed E-state index contributed by atoms with van der Waals surface area (Å²) in [5.74, 6) is 13.5. The van der Waals surface area contributed by atoms with Crippen LogP contribution < -0.4 is 0 Å². The Kier molecular flexibility index (Phi) is 5.52. The highest BCUT2D eigenvalue weighted by molar-refractivity contribution is 9.28. The lowest BCUT2D eigenvalue weighted by Crippen LogP contribution is -1.76. The van der Waals surface area contributed by atoms with E-state index in [1.165, 1.54) is 0 Å². The summed E-state index contributed by atoms with van der Waals surface area (Å²) in [4.78, 5) is 0. The van der Waals surface area contributed by atoms with Crippen molar-refractivity contribution in [2.24, 2.45) is 0 Å². The molecule has 0 nitrogen and oxygen atoms in total. The van der Waals surface area contributed by atoms with E-state index in [1.807, 2.05) is 30.3 Å². The molecule has 1 aromatic carbocycles. The number of terminal acetylenes is 1. The minimum absolute atomic E-state index is 0.627. The molecule has 0 spiro atoms. The maximum atomic E-state index is 5.06. The second-order valence-corrected chi connectivity index (χ2v) is 5.30. The van der Waals surface area contributed by atoms with Gasteiger partial charge in [-0.1, -0.05) is 30.0 Å². The lowest BCUT2D eigenvalue weighted by Gasteiger charge is -1.88. The van der Waals surface area contributed by atoms with E-state index in [1.54, 1.807) is 0 Å². The Morgan fingerprint density at radius 3 is 2.31 bits per heavy atom.